The molecule has 4 rings (SSSR count). The Balaban J connectivity index is 1.61. The van der Waals surface area contributed by atoms with Crippen molar-refractivity contribution in [1.29, 1.82) is 0 Å². The minimum Gasteiger partial charge on any atom is -0.461 e. The van der Waals surface area contributed by atoms with Gasteiger partial charge in [-0.1, -0.05) is 27.5 Å². The predicted molar refractivity (Wildman–Crippen MR) is 93.7 cm³/mol. The van der Waals surface area contributed by atoms with Crippen LogP contribution < -0.4 is 5.32 Å². The average molecular weight is 464 g/mol. The fourth-order valence-corrected chi connectivity index (χ4v) is 5.97. The van der Waals surface area contributed by atoms with Gasteiger partial charge in [-0.2, -0.15) is 0 Å². The summed E-state index contributed by atoms with van der Waals surface area (Å²) in [5, 5.41) is 3.53. The Morgan fingerprint density at radius 3 is 2.87 bits per heavy atom. The van der Waals surface area contributed by atoms with Crippen molar-refractivity contribution in [2.24, 2.45) is 23.7 Å². The topological polar surface area (TPSA) is 55.4 Å². The predicted octanol–water partition coefficient (Wildman–Crippen LogP) is 3.92. The van der Waals surface area contributed by atoms with Gasteiger partial charge in [0, 0.05) is 16.1 Å². The number of carbonyl (C=O) groups is 2. The van der Waals surface area contributed by atoms with E-state index in [1.807, 2.05) is 13.0 Å². The molecule has 1 amide bonds. The molecule has 23 heavy (non-hydrogen) atoms. The van der Waals surface area contributed by atoms with Gasteiger partial charge < -0.3 is 10.1 Å². The van der Waals surface area contributed by atoms with Crippen molar-refractivity contribution >= 4 is 61.0 Å². The molecule has 7 heteroatoms. The number of carbonyl (C=O) groups excluding carboxylic acids is 2. The van der Waals surface area contributed by atoms with Crippen LogP contribution in [0.2, 0.25) is 5.02 Å². The first-order valence-corrected chi connectivity index (χ1v) is 9.59. The Morgan fingerprint density at radius 2 is 2.13 bits per heavy atom. The summed E-state index contributed by atoms with van der Waals surface area (Å²) in [5.74, 6) is -0.668. The molecule has 0 spiro atoms. The number of benzene rings is 1. The number of hydrogen-bond acceptors (Lipinski definition) is 3. The molecule has 1 heterocycles. The molecular formula is C16H14Br2ClNO3. The normalized spacial score (nSPS) is 37.1. The highest BCUT2D eigenvalue weighted by atomic mass is 79.9. The third-order valence-electron chi connectivity index (χ3n) is 5.42. The molecule has 0 unspecified atom stereocenters. The van der Waals surface area contributed by atoms with E-state index in [2.05, 4.69) is 37.2 Å². The Morgan fingerprint density at radius 1 is 1.39 bits per heavy atom. The summed E-state index contributed by atoms with van der Waals surface area (Å²) in [7, 11) is 0. The van der Waals surface area contributed by atoms with Crippen LogP contribution in [-0.2, 0) is 14.3 Å². The molecule has 6 atom stereocenters. The lowest BCUT2D eigenvalue weighted by Gasteiger charge is -2.27. The van der Waals surface area contributed by atoms with Crippen LogP contribution >= 0.6 is 43.5 Å². The van der Waals surface area contributed by atoms with E-state index in [0.29, 0.717) is 10.7 Å². The monoisotopic (exact) mass is 461 g/mol. The van der Waals surface area contributed by atoms with Gasteiger partial charge in [0.2, 0.25) is 5.91 Å². The Hall–Kier alpha value is -0.590. The smallest absolute Gasteiger partial charge is 0.310 e. The molecule has 0 aromatic heterocycles. The Bertz CT molecular complexity index is 726. The van der Waals surface area contributed by atoms with Gasteiger partial charge in [-0.15, -0.1) is 0 Å². The van der Waals surface area contributed by atoms with Crippen molar-refractivity contribution in [2.75, 3.05) is 5.32 Å². The van der Waals surface area contributed by atoms with Crippen LogP contribution in [-0.4, -0.2) is 22.8 Å². The summed E-state index contributed by atoms with van der Waals surface area (Å²) in [6.07, 6.45) is 0.806. The zero-order valence-electron chi connectivity index (χ0n) is 12.2. The number of nitrogens with one attached hydrogen (secondary N) is 1. The second-order valence-corrected chi connectivity index (χ2v) is 8.77. The van der Waals surface area contributed by atoms with E-state index in [1.165, 1.54) is 0 Å². The number of fused-ring (bicyclic) bond motifs is 1. The number of halogens is 3. The largest absolute Gasteiger partial charge is 0.461 e. The molecule has 1 N–H and O–H groups in total. The van der Waals surface area contributed by atoms with Crippen molar-refractivity contribution < 1.29 is 14.3 Å². The highest BCUT2D eigenvalue weighted by molar-refractivity contribution is 9.10. The van der Waals surface area contributed by atoms with E-state index in [0.717, 1.165) is 16.5 Å². The summed E-state index contributed by atoms with van der Waals surface area (Å²) < 4.78 is 6.24. The molecule has 1 saturated heterocycles. The fraction of sp³-hybridized carbons (Fsp3) is 0.500. The number of ether oxygens (including phenoxy) is 1. The summed E-state index contributed by atoms with van der Waals surface area (Å²) in [5.41, 5.74) is 1.49. The second kappa shape index (κ2) is 5.46. The number of hydrogen-bond donors (Lipinski definition) is 1. The molecule has 3 fully saturated rings. The van der Waals surface area contributed by atoms with Gasteiger partial charge in [0.05, 0.1) is 21.7 Å². The van der Waals surface area contributed by atoms with Gasteiger partial charge >= 0.3 is 5.97 Å². The first-order valence-electron chi connectivity index (χ1n) is 7.50. The fourth-order valence-electron chi connectivity index (χ4n) is 4.33. The Labute approximate surface area is 155 Å². The van der Waals surface area contributed by atoms with Crippen LogP contribution in [0.15, 0.2) is 16.6 Å². The second-order valence-electron chi connectivity index (χ2n) is 6.48. The molecule has 3 aliphatic rings. The maximum atomic E-state index is 12.8. The lowest BCUT2D eigenvalue weighted by Crippen LogP contribution is -2.40. The minimum atomic E-state index is -0.336. The first kappa shape index (κ1) is 15.9. The van der Waals surface area contributed by atoms with Crippen molar-refractivity contribution in [3.8, 4) is 0 Å². The first-order chi connectivity index (χ1) is 10.9. The molecule has 2 aliphatic carbocycles. The molecule has 2 saturated carbocycles. The van der Waals surface area contributed by atoms with Crippen LogP contribution in [0.4, 0.5) is 5.69 Å². The van der Waals surface area contributed by atoms with Gasteiger partial charge in [0.1, 0.15) is 6.10 Å². The molecule has 0 radical (unpaired) electrons. The van der Waals surface area contributed by atoms with Gasteiger partial charge in [-0.3, -0.25) is 9.59 Å². The van der Waals surface area contributed by atoms with Gasteiger partial charge in [-0.05, 0) is 52.9 Å². The highest BCUT2D eigenvalue weighted by Gasteiger charge is 2.67. The molecular weight excluding hydrogens is 449 g/mol. The van der Waals surface area contributed by atoms with E-state index in [4.69, 9.17) is 16.3 Å². The SMILES string of the molecule is Cc1c(NC(=O)[C@@H]2[C@H]3C[C@H]4[C@H](OC(=O)[C@@H]42)[C@H]3Br)ccc(Br)c1Cl. The quantitative estimate of drug-likeness (QED) is 0.534. The molecule has 2 bridgehead atoms. The third-order valence-corrected chi connectivity index (χ3v) is 8.00. The minimum absolute atomic E-state index is 0.0644. The van der Waals surface area contributed by atoms with E-state index < -0.39 is 0 Å². The number of amides is 1. The zero-order valence-corrected chi connectivity index (χ0v) is 16.1. The van der Waals surface area contributed by atoms with Crippen LogP contribution in [0.1, 0.15) is 12.0 Å². The molecule has 4 nitrogen and oxygen atoms in total. The number of alkyl halides is 1. The van der Waals surface area contributed by atoms with Crippen LogP contribution in [0.25, 0.3) is 0 Å². The van der Waals surface area contributed by atoms with Crippen molar-refractivity contribution in [1.82, 2.24) is 0 Å². The lowest BCUT2D eigenvalue weighted by molar-refractivity contribution is -0.145. The summed E-state index contributed by atoms with van der Waals surface area (Å²) in [4.78, 5) is 25.0. The van der Waals surface area contributed by atoms with Crippen molar-refractivity contribution in [3.05, 3.63) is 27.2 Å². The van der Waals surface area contributed by atoms with Gasteiger partial charge in [-0.25, -0.2) is 0 Å². The molecule has 122 valence electrons. The van der Waals surface area contributed by atoms with Gasteiger partial charge in [0.15, 0.2) is 0 Å². The summed E-state index contributed by atoms with van der Waals surface area (Å²) >= 11 is 13.2. The van der Waals surface area contributed by atoms with Crippen LogP contribution in [0, 0.1) is 30.6 Å². The van der Waals surface area contributed by atoms with E-state index in [-0.39, 0.29) is 46.5 Å². The zero-order chi connectivity index (χ0) is 16.5. The van der Waals surface area contributed by atoms with Crippen molar-refractivity contribution in [2.45, 2.75) is 24.3 Å². The van der Waals surface area contributed by atoms with Crippen molar-refractivity contribution in [3.63, 3.8) is 0 Å². The standard InChI is InChI=1S/C16H14Br2ClNO3/c1-5-9(3-2-8(17)13(5)19)20-15(21)10-6-4-7-11(10)16(22)23-14(7)12(6)18/h2-3,6-7,10-12,14H,4H2,1H3,(H,20,21)/t6-,7-,10-,11+,12+,14+/m1/s1. The van der Waals surface area contributed by atoms with Gasteiger partial charge in [0.25, 0.3) is 0 Å². The maximum Gasteiger partial charge on any atom is 0.310 e. The van der Waals surface area contributed by atoms with Crippen LogP contribution in [0.5, 0.6) is 0 Å². The number of esters is 1. The summed E-state index contributed by atoms with van der Waals surface area (Å²) in [6, 6.07) is 3.62. The van der Waals surface area contributed by atoms with Crippen LogP contribution in [0.3, 0.4) is 0 Å². The molecule has 1 aromatic carbocycles. The van der Waals surface area contributed by atoms with E-state index in [9.17, 15) is 9.59 Å². The highest BCUT2D eigenvalue weighted by Crippen LogP contribution is 2.60. The Kier molecular flexibility index (Phi) is 3.78. The van der Waals surface area contributed by atoms with E-state index >= 15 is 0 Å². The number of rotatable bonds is 2. The number of anilines is 1. The van der Waals surface area contributed by atoms with E-state index in [1.54, 1.807) is 6.07 Å². The summed E-state index contributed by atoms with van der Waals surface area (Å²) in [6.45, 7) is 1.86. The lowest BCUT2D eigenvalue weighted by atomic mass is 9.79. The third kappa shape index (κ3) is 2.21. The molecule has 1 aromatic rings. The molecule has 1 aliphatic heterocycles. The average Bonchev–Trinajstić information content (AvgIpc) is 3.12. The maximum absolute atomic E-state index is 12.8.